The van der Waals surface area contributed by atoms with E-state index in [1.165, 1.54) is 83.5 Å². The van der Waals surface area contributed by atoms with Gasteiger partial charge in [-0.15, -0.1) is 0 Å². The Morgan fingerprint density at radius 1 is 0.417 bits per heavy atom. The first-order chi connectivity index (χ1) is 11.6. The molecular formula is C22H46O2. The predicted molar refractivity (Wildman–Crippen MR) is 106 cm³/mol. The Labute approximate surface area is 152 Å². The summed E-state index contributed by atoms with van der Waals surface area (Å²) in [6.45, 7) is 4.50. The fourth-order valence-electron chi connectivity index (χ4n) is 3.39. The van der Waals surface area contributed by atoms with Crippen molar-refractivity contribution in [1.29, 1.82) is 0 Å². The minimum Gasteiger partial charge on any atom is -0.366 e. The molecule has 146 valence electrons. The van der Waals surface area contributed by atoms with Crippen LogP contribution in [0.1, 0.15) is 136 Å². The van der Waals surface area contributed by atoms with Crippen LogP contribution in [-0.4, -0.2) is 16.0 Å². The normalized spacial score (nSPS) is 12.0. The maximum Gasteiger partial charge on any atom is 0.162 e. The van der Waals surface area contributed by atoms with Gasteiger partial charge in [0.1, 0.15) is 0 Å². The number of aliphatic hydroxyl groups is 2. The maximum atomic E-state index is 10.0. The topological polar surface area (TPSA) is 40.5 Å². The molecule has 0 aromatic heterocycles. The molecule has 0 saturated heterocycles. The van der Waals surface area contributed by atoms with Crippen molar-refractivity contribution in [1.82, 2.24) is 0 Å². The highest BCUT2D eigenvalue weighted by Crippen LogP contribution is 2.21. The Hall–Kier alpha value is -0.0800. The van der Waals surface area contributed by atoms with Crippen LogP contribution in [0.3, 0.4) is 0 Å². The summed E-state index contributed by atoms with van der Waals surface area (Å²) in [5.41, 5.74) is 0. The monoisotopic (exact) mass is 342 g/mol. The molecule has 0 aromatic rings. The lowest BCUT2D eigenvalue weighted by Crippen LogP contribution is -2.27. The van der Waals surface area contributed by atoms with E-state index >= 15 is 0 Å². The van der Waals surface area contributed by atoms with Crippen LogP contribution < -0.4 is 0 Å². The van der Waals surface area contributed by atoms with E-state index in [1.807, 2.05) is 0 Å². The Morgan fingerprint density at radius 2 is 0.667 bits per heavy atom. The first kappa shape index (κ1) is 23.9. The van der Waals surface area contributed by atoms with Gasteiger partial charge in [0.05, 0.1) is 0 Å². The molecule has 0 aliphatic carbocycles. The van der Waals surface area contributed by atoms with Gasteiger partial charge in [0.2, 0.25) is 0 Å². The molecule has 0 bridgehead atoms. The molecule has 0 aromatic carbocycles. The average molecular weight is 343 g/mol. The van der Waals surface area contributed by atoms with Crippen LogP contribution in [0.5, 0.6) is 0 Å². The molecule has 2 nitrogen and oxygen atoms in total. The quantitative estimate of drug-likeness (QED) is 0.194. The fraction of sp³-hybridized carbons (Fsp3) is 1.00. The molecule has 0 rings (SSSR count). The number of hydrogen-bond donors (Lipinski definition) is 2. The lowest BCUT2D eigenvalue weighted by molar-refractivity contribution is -0.172. The molecule has 0 radical (unpaired) electrons. The van der Waals surface area contributed by atoms with Crippen molar-refractivity contribution in [2.75, 3.05) is 0 Å². The van der Waals surface area contributed by atoms with Crippen molar-refractivity contribution in [2.45, 2.75) is 142 Å². The molecule has 0 spiro atoms. The zero-order valence-electron chi connectivity index (χ0n) is 16.8. The van der Waals surface area contributed by atoms with E-state index in [-0.39, 0.29) is 0 Å². The van der Waals surface area contributed by atoms with Crippen molar-refractivity contribution >= 4 is 0 Å². The maximum absolute atomic E-state index is 10.0. The van der Waals surface area contributed by atoms with Crippen molar-refractivity contribution in [3.8, 4) is 0 Å². The van der Waals surface area contributed by atoms with Crippen LogP contribution >= 0.6 is 0 Å². The van der Waals surface area contributed by atoms with E-state index < -0.39 is 5.79 Å². The van der Waals surface area contributed by atoms with Crippen molar-refractivity contribution < 1.29 is 10.2 Å². The summed E-state index contributed by atoms with van der Waals surface area (Å²) < 4.78 is 0. The summed E-state index contributed by atoms with van der Waals surface area (Å²) in [5, 5.41) is 20.1. The molecule has 0 fully saturated rings. The molecule has 0 amide bonds. The molecule has 24 heavy (non-hydrogen) atoms. The fourth-order valence-corrected chi connectivity index (χ4v) is 3.39. The third-order valence-electron chi connectivity index (χ3n) is 5.11. The molecule has 2 N–H and O–H groups in total. The van der Waals surface area contributed by atoms with Gasteiger partial charge >= 0.3 is 0 Å². The summed E-state index contributed by atoms with van der Waals surface area (Å²) >= 11 is 0. The number of rotatable bonds is 19. The molecule has 0 heterocycles. The van der Waals surface area contributed by atoms with Crippen LogP contribution in [0.4, 0.5) is 0 Å². The van der Waals surface area contributed by atoms with Crippen LogP contribution in [0.2, 0.25) is 0 Å². The van der Waals surface area contributed by atoms with Gasteiger partial charge in [0.25, 0.3) is 0 Å². The highest BCUT2D eigenvalue weighted by molar-refractivity contribution is 4.65. The van der Waals surface area contributed by atoms with E-state index in [0.29, 0.717) is 12.8 Å². The van der Waals surface area contributed by atoms with Gasteiger partial charge in [-0.1, -0.05) is 110 Å². The first-order valence-electron chi connectivity index (χ1n) is 11.1. The Balaban J connectivity index is 3.31. The van der Waals surface area contributed by atoms with Crippen LogP contribution in [0.25, 0.3) is 0 Å². The SMILES string of the molecule is CCCCCCCCCCCCC(O)(O)CCCCCCCCC. The zero-order valence-corrected chi connectivity index (χ0v) is 16.8. The Bertz CT molecular complexity index is 238. The van der Waals surface area contributed by atoms with Gasteiger partial charge in [-0.3, -0.25) is 0 Å². The molecule has 0 atom stereocenters. The highest BCUT2D eigenvalue weighted by Gasteiger charge is 2.21. The third-order valence-corrected chi connectivity index (χ3v) is 5.11. The minimum atomic E-state index is -1.41. The molecule has 0 aliphatic heterocycles. The van der Waals surface area contributed by atoms with Gasteiger partial charge < -0.3 is 10.2 Å². The van der Waals surface area contributed by atoms with Crippen molar-refractivity contribution in [2.24, 2.45) is 0 Å². The second-order valence-electron chi connectivity index (χ2n) is 7.79. The summed E-state index contributed by atoms with van der Waals surface area (Å²) in [6, 6.07) is 0. The van der Waals surface area contributed by atoms with Gasteiger partial charge in [-0.25, -0.2) is 0 Å². The zero-order chi connectivity index (χ0) is 17.9. The minimum absolute atomic E-state index is 0.554. The van der Waals surface area contributed by atoms with E-state index in [4.69, 9.17) is 0 Å². The Morgan fingerprint density at radius 3 is 0.958 bits per heavy atom. The second-order valence-corrected chi connectivity index (χ2v) is 7.79. The summed E-state index contributed by atoms with van der Waals surface area (Å²) in [7, 11) is 0. The van der Waals surface area contributed by atoms with E-state index in [9.17, 15) is 10.2 Å². The standard InChI is InChI=1S/C22H46O2/c1-3-5-7-9-11-12-13-15-17-19-21-22(23,24)20-18-16-14-10-8-6-4-2/h23-24H,3-21H2,1-2H3. The lowest BCUT2D eigenvalue weighted by Gasteiger charge is -2.21. The average Bonchev–Trinajstić information content (AvgIpc) is 2.55. The van der Waals surface area contributed by atoms with E-state index in [1.54, 1.807) is 0 Å². The highest BCUT2D eigenvalue weighted by atomic mass is 16.5. The summed E-state index contributed by atoms with van der Waals surface area (Å²) in [5.74, 6) is -1.41. The molecule has 0 aliphatic rings. The number of hydrogen-bond acceptors (Lipinski definition) is 2. The van der Waals surface area contributed by atoms with E-state index in [0.717, 1.165) is 25.7 Å². The van der Waals surface area contributed by atoms with Gasteiger partial charge in [-0.05, 0) is 12.8 Å². The molecule has 2 heteroatoms. The second kappa shape index (κ2) is 17.7. The van der Waals surface area contributed by atoms with Gasteiger partial charge in [0.15, 0.2) is 5.79 Å². The molecule has 0 saturated carbocycles. The molecular weight excluding hydrogens is 296 g/mol. The van der Waals surface area contributed by atoms with Crippen molar-refractivity contribution in [3.63, 3.8) is 0 Å². The lowest BCUT2D eigenvalue weighted by atomic mass is 9.99. The molecule has 0 unspecified atom stereocenters. The Kier molecular flexibility index (Phi) is 17.7. The third kappa shape index (κ3) is 18.3. The van der Waals surface area contributed by atoms with E-state index in [2.05, 4.69) is 13.8 Å². The first-order valence-corrected chi connectivity index (χ1v) is 11.1. The smallest absolute Gasteiger partial charge is 0.162 e. The van der Waals surface area contributed by atoms with Crippen LogP contribution in [0.15, 0.2) is 0 Å². The van der Waals surface area contributed by atoms with Gasteiger partial charge in [-0.2, -0.15) is 0 Å². The summed E-state index contributed by atoms with van der Waals surface area (Å²) in [6.07, 6.45) is 22.6. The van der Waals surface area contributed by atoms with Gasteiger partial charge in [0, 0.05) is 12.8 Å². The van der Waals surface area contributed by atoms with Crippen molar-refractivity contribution in [3.05, 3.63) is 0 Å². The largest absolute Gasteiger partial charge is 0.366 e. The summed E-state index contributed by atoms with van der Waals surface area (Å²) in [4.78, 5) is 0. The van der Waals surface area contributed by atoms with Crippen LogP contribution in [0, 0.1) is 0 Å². The predicted octanol–water partition coefficient (Wildman–Crippen LogP) is 7.12. The van der Waals surface area contributed by atoms with Crippen LogP contribution in [-0.2, 0) is 0 Å². The number of unbranched alkanes of at least 4 members (excludes halogenated alkanes) is 15.